The SMILES string of the molecule is CC.CC.CC.CC.Cc1cc2c(=O)n(-c3ccccc3)c(=O)c3cc(-c4ccc(-c5ccc(-c6cc7c(=O)n(-c8ccccc8)c(=O)c8cc(-c9sc(-c%10cc(C)c(C)s%10)cc9C)sc8c7s6)s5)s4)sc3c2s1.Cc1cc2c(=O)n(-c3cccs3)c(=O)c3cc(-c4ccc(-c5ccc(-c6cc7c(=O)n(-c8cccs8)c(=O)c8cc(-c9sc(-c%10cc(C)c(C)s%10)cc9C)sc8c7s6)s5)s4)sc3c2s1. The van der Waals surface area contributed by atoms with Crippen molar-refractivity contribution in [3.05, 3.63) is 342 Å². The highest BCUT2D eigenvalue weighted by Crippen LogP contribution is 2.53. The summed E-state index contributed by atoms with van der Waals surface area (Å²) in [5.74, 6) is 0. The Balaban J connectivity index is 0.000000165. The van der Waals surface area contributed by atoms with Crippen molar-refractivity contribution in [3.8, 4) is 119 Å². The quantitative estimate of drug-likeness (QED) is 0.104. The molecule has 0 bridgehead atoms. The van der Waals surface area contributed by atoms with Gasteiger partial charge in [-0.3, -0.25) is 38.4 Å². The van der Waals surface area contributed by atoms with Gasteiger partial charge in [0.1, 0.15) is 10.0 Å². The molecule has 24 rings (SSSR count). The summed E-state index contributed by atoms with van der Waals surface area (Å²) >= 11 is 29.1. The van der Waals surface area contributed by atoms with Crippen molar-refractivity contribution in [1.82, 2.24) is 18.3 Å². The van der Waals surface area contributed by atoms with E-state index in [9.17, 15) is 38.4 Å². The number of rotatable bonds is 14. The van der Waals surface area contributed by atoms with Crippen molar-refractivity contribution < 1.29 is 0 Å². The van der Waals surface area contributed by atoms with E-state index in [0.29, 0.717) is 64.5 Å². The smallest absolute Gasteiger partial charge is 0.267 e. The lowest BCUT2D eigenvalue weighted by Crippen LogP contribution is -2.28. The molecule has 22 aromatic heterocycles. The van der Waals surface area contributed by atoms with Crippen LogP contribution in [-0.4, -0.2) is 18.3 Å². The number of para-hydroxylation sites is 2. The first-order chi connectivity index (χ1) is 67.0. The fourth-order valence-electron chi connectivity index (χ4n) is 16.4. The molecule has 0 N–H and O–H groups in total. The lowest BCUT2D eigenvalue weighted by Gasteiger charge is -2.01. The molecule has 0 aliphatic rings. The lowest BCUT2D eigenvalue weighted by atomic mass is 10.2. The van der Waals surface area contributed by atoms with Crippen LogP contribution in [0.25, 0.3) is 200 Å². The highest BCUT2D eigenvalue weighted by Gasteiger charge is 2.29. The summed E-state index contributed by atoms with van der Waals surface area (Å²) in [6.45, 7) is 32.9. The zero-order valence-electron chi connectivity index (χ0n) is 77.2. The Morgan fingerprint density at radius 3 is 0.674 bits per heavy atom. The van der Waals surface area contributed by atoms with Gasteiger partial charge in [-0.15, -0.1) is 204 Å². The summed E-state index contributed by atoms with van der Waals surface area (Å²) in [5.41, 5.74) is 3.51. The number of aromatic nitrogens is 4. The summed E-state index contributed by atoms with van der Waals surface area (Å²) in [6.07, 6.45) is 0. The fraction of sp³-hybridized carbons (Fsp3) is 0.148. The van der Waals surface area contributed by atoms with Gasteiger partial charge in [-0.25, -0.2) is 18.3 Å². The summed E-state index contributed by atoms with van der Waals surface area (Å²) in [4.78, 5) is 140. The molecule has 0 spiro atoms. The number of fused-ring (bicyclic) bond motifs is 12. The van der Waals surface area contributed by atoms with Gasteiger partial charge >= 0.3 is 0 Å². The molecule has 0 fully saturated rings. The molecule has 30 heteroatoms. The van der Waals surface area contributed by atoms with Gasteiger partial charge < -0.3 is 0 Å². The molecule has 0 unspecified atom stereocenters. The first kappa shape index (κ1) is 96.5. The van der Waals surface area contributed by atoms with E-state index in [1.807, 2.05) is 213 Å². The zero-order valence-corrected chi connectivity index (χ0v) is 91.9. The number of benzene rings is 2. The minimum Gasteiger partial charge on any atom is -0.268 e. The Hall–Kier alpha value is -10.4. The first-order valence-corrected chi connectivity index (χ1v) is 59.4. The fourth-order valence-corrected chi connectivity index (χ4v) is 36.8. The number of nitrogens with zero attached hydrogens (tertiary/aromatic N) is 4. The van der Waals surface area contributed by atoms with Gasteiger partial charge in [0.2, 0.25) is 0 Å². The average Bonchev–Trinajstić information content (AvgIpc) is 1.60. The van der Waals surface area contributed by atoms with E-state index in [2.05, 4.69) is 114 Å². The second-order valence-corrected chi connectivity index (χ2v) is 50.9. The van der Waals surface area contributed by atoms with E-state index in [-0.39, 0.29) is 44.5 Å². The zero-order chi connectivity index (χ0) is 96.8. The Morgan fingerprint density at radius 1 is 0.188 bits per heavy atom. The Kier molecular flexibility index (Phi) is 27.9. The molecule has 0 atom stereocenters. The maximum absolute atomic E-state index is 14.6. The highest BCUT2D eigenvalue weighted by atomic mass is 32.2. The molecule has 0 aliphatic carbocycles. The van der Waals surface area contributed by atoms with E-state index in [4.69, 9.17) is 0 Å². The molecule has 0 radical (unpaired) electrons. The van der Waals surface area contributed by atoms with Crippen molar-refractivity contribution >= 4 is 285 Å². The molecule has 138 heavy (non-hydrogen) atoms. The Morgan fingerprint density at radius 2 is 0.413 bits per heavy atom. The van der Waals surface area contributed by atoms with Crippen molar-refractivity contribution in [3.63, 3.8) is 0 Å². The number of thiophene rings is 18. The van der Waals surface area contributed by atoms with Gasteiger partial charge in [-0.1, -0.05) is 91.8 Å². The van der Waals surface area contributed by atoms with Crippen LogP contribution >= 0.6 is 204 Å². The molecule has 0 saturated heterocycles. The Bertz CT molecular complexity index is 9360. The van der Waals surface area contributed by atoms with E-state index in [1.54, 1.807) is 182 Å². The van der Waals surface area contributed by atoms with Crippen molar-refractivity contribution in [2.45, 2.75) is 111 Å². The maximum atomic E-state index is 14.6. The van der Waals surface area contributed by atoms with Crippen LogP contribution in [0.4, 0.5) is 0 Å². The van der Waals surface area contributed by atoms with Crippen molar-refractivity contribution in [2.24, 2.45) is 0 Å². The molecule has 0 saturated carbocycles. The van der Waals surface area contributed by atoms with Crippen LogP contribution in [-0.2, 0) is 0 Å². The summed E-state index contributed by atoms with van der Waals surface area (Å²) < 4.78 is 11.9. The van der Waals surface area contributed by atoms with Crippen LogP contribution < -0.4 is 44.5 Å². The molecule has 0 amide bonds. The van der Waals surface area contributed by atoms with Gasteiger partial charge in [-0.05, 0) is 258 Å². The second-order valence-electron chi connectivity index (χ2n) is 31.3. The first-order valence-electron chi connectivity index (χ1n) is 44.5. The third-order valence-electron chi connectivity index (χ3n) is 22.9. The molecule has 24 aromatic rings. The number of aryl methyl sites for hydroxylation is 8. The van der Waals surface area contributed by atoms with Gasteiger partial charge in [-0.2, -0.15) is 0 Å². The summed E-state index contributed by atoms with van der Waals surface area (Å²) in [7, 11) is 0. The largest absolute Gasteiger partial charge is 0.268 e. The predicted octanol–water partition coefficient (Wildman–Crippen LogP) is 35.0. The molecule has 22 heterocycles. The van der Waals surface area contributed by atoms with Crippen LogP contribution in [0.15, 0.2) is 255 Å². The standard InChI is InChI=1S/C52H32N2O4S8.C48H28N2O4S10.4C2H6/c1-25-19-39(60-28(25)4)40-20-26(2)44(63-40)43-24-34-48(66-43)47-33(51(57)54(52(34)58)30-13-9-6-10-14-30)23-42(65-47)38-18-16-36(62-38)35-15-17-37(61-35)41-22-32-46(64-41)45-31(21-27(3)59-45)49(55)53(50(32)56)29-11-7-5-8-12-29;1-21-15-33(58-24(21)4)34-16-22(2)40(61-34)37-20-28-44(64-37)43-27(47(53)50(48(28)54)39-8-6-14-56-39)19-36(63-43)32-12-10-30(60-32)29-9-11-31(59-29)35-18-26-42(62-35)41-25(17-23(3)57-41)45(51)49(46(26)52)38-7-5-13-55-38;4*1-2/h5-24H,1-4H3;5-20H,1-4H3;4*1-2H3. The molecule has 2 aromatic carbocycles. The van der Waals surface area contributed by atoms with E-state index < -0.39 is 0 Å². The third-order valence-corrected chi connectivity index (χ3v) is 45.2. The van der Waals surface area contributed by atoms with Crippen molar-refractivity contribution in [2.75, 3.05) is 0 Å². The average molecular weight is 2140 g/mol. The minimum absolute atomic E-state index is 0.286. The van der Waals surface area contributed by atoms with Crippen LogP contribution in [0.5, 0.6) is 0 Å². The Labute approximate surface area is 864 Å². The van der Waals surface area contributed by atoms with Gasteiger partial charge in [0.25, 0.3) is 44.5 Å². The summed E-state index contributed by atoms with van der Waals surface area (Å²) in [6, 6.07) is 67.3. The molecule has 692 valence electrons. The molecule has 0 aliphatic heterocycles. The van der Waals surface area contributed by atoms with Gasteiger partial charge in [0, 0.05) is 117 Å². The van der Waals surface area contributed by atoms with Crippen molar-refractivity contribution in [1.29, 1.82) is 0 Å². The molecular formula is C108H84N4O8S18. The van der Waals surface area contributed by atoms with Crippen LogP contribution in [0.3, 0.4) is 0 Å². The normalized spacial score (nSPS) is 11.4. The molecule has 12 nitrogen and oxygen atoms in total. The van der Waals surface area contributed by atoms with Gasteiger partial charge in [0.05, 0.1) is 92.1 Å². The number of hydrogen-bond donors (Lipinski definition) is 0. The topological polar surface area (TPSA) is 156 Å². The van der Waals surface area contributed by atoms with E-state index in [0.717, 1.165) is 131 Å². The minimum atomic E-state index is -0.333. The molecular weight excluding hydrogens is 2060 g/mol. The predicted molar refractivity (Wildman–Crippen MR) is 620 cm³/mol. The second kappa shape index (κ2) is 39.9. The number of hydrogen-bond acceptors (Lipinski definition) is 26. The van der Waals surface area contributed by atoms with E-state index >= 15 is 0 Å². The van der Waals surface area contributed by atoms with Crippen LogP contribution in [0.2, 0.25) is 0 Å². The lowest BCUT2D eigenvalue weighted by molar-refractivity contribution is 0.976. The highest BCUT2D eigenvalue weighted by molar-refractivity contribution is 7.37. The van der Waals surface area contributed by atoms with E-state index in [1.165, 1.54) is 86.9 Å². The summed E-state index contributed by atoms with van der Waals surface area (Å²) in [5, 5.41) is 9.30. The maximum Gasteiger partial charge on any atom is 0.267 e. The van der Waals surface area contributed by atoms with Crippen LogP contribution in [0.1, 0.15) is 97.2 Å². The monoisotopic (exact) mass is 2140 g/mol. The third kappa shape index (κ3) is 17.3. The van der Waals surface area contributed by atoms with Gasteiger partial charge in [0.15, 0.2) is 0 Å². The van der Waals surface area contributed by atoms with Crippen LogP contribution in [0, 0.1) is 55.4 Å².